The van der Waals surface area contributed by atoms with Crippen molar-refractivity contribution in [2.75, 3.05) is 41.4 Å². The Morgan fingerprint density at radius 3 is 2.50 bits per heavy atom. The van der Waals surface area contributed by atoms with E-state index in [0.717, 1.165) is 41.6 Å². The molecule has 1 heterocycles. The fourth-order valence-electron chi connectivity index (χ4n) is 2.52. The number of rotatable bonds is 5. The van der Waals surface area contributed by atoms with Gasteiger partial charge in [-0.15, -0.1) is 0 Å². The summed E-state index contributed by atoms with van der Waals surface area (Å²) in [7, 11) is 7.50. The molecule has 1 unspecified atom stereocenters. The van der Waals surface area contributed by atoms with E-state index in [9.17, 15) is 0 Å². The van der Waals surface area contributed by atoms with Gasteiger partial charge in [-0.2, -0.15) is 0 Å². The molecule has 1 atom stereocenters. The molecule has 0 saturated carbocycles. The van der Waals surface area contributed by atoms with Gasteiger partial charge in [-0.1, -0.05) is 12.2 Å². The topological polar surface area (TPSA) is 33.7 Å². The molecule has 0 saturated heterocycles. The van der Waals surface area contributed by atoms with Crippen LogP contribution in [0.1, 0.15) is 23.5 Å². The van der Waals surface area contributed by atoms with E-state index >= 15 is 0 Å². The van der Waals surface area contributed by atoms with E-state index in [1.54, 1.807) is 14.2 Å². The van der Waals surface area contributed by atoms with Crippen LogP contribution in [0.5, 0.6) is 11.5 Å². The van der Waals surface area contributed by atoms with Crippen LogP contribution >= 0.6 is 12.2 Å². The predicted octanol–water partition coefficient (Wildman–Crippen LogP) is 2.02. The van der Waals surface area contributed by atoms with Crippen molar-refractivity contribution in [3.63, 3.8) is 0 Å². The number of hydrogen-bond acceptors (Lipinski definition) is 4. The predicted molar refractivity (Wildman–Crippen MR) is 85.2 cm³/mol. The largest absolute Gasteiger partial charge is 0.493 e. The summed E-state index contributed by atoms with van der Waals surface area (Å²) >= 11 is 5.42. The fraction of sp³-hybridized carbons (Fsp3) is 0.533. The van der Waals surface area contributed by atoms with Gasteiger partial charge in [-0.3, -0.25) is 0 Å². The number of fused-ring (bicyclic) bond motifs is 1. The number of nitrogens with zero attached hydrogens (tertiary/aromatic N) is 1. The van der Waals surface area contributed by atoms with Crippen LogP contribution in [0.4, 0.5) is 0 Å². The highest BCUT2D eigenvalue weighted by atomic mass is 32.1. The summed E-state index contributed by atoms with van der Waals surface area (Å²) in [5, 5.41) is 3.32. The number of thiocarbonyl (C=S) groups is 1. The second-order valence-corrected chi connectivity index (χ2v) is 5.70. The Labute approximate surface area is 126 Å². The molecule has 0 fully saturated rings. The fourth-order valence-corrected chi connectivity index (χ4v) is 2.78. The zero-order chi connectivity index (χ0) is 14.7. The summed E-state index contributed by atoms with van der Waals surface area (Å²) < 4.78 is 10.8. The van der Waals surface area contributed by atoms with E-state index in [4.69, 9.17) is 21.7 Å². The Bertz CT molecular complexity index is 503. The first-order valence-corrected chi connectivity index (χ1v) is 7.16. The molecule has 20 heavy (non-hydrogen) atoms. The third-order valence-corrected chi connectivity index (χ3v) is 4.04. The van der Waals surface area contributed by atoms with E-state index < -0.39 is 0 Å². The maximum Gasteiger partial charge on any atom is 0.161 e. The molecule has 1 aromatic carbocycles. The summed E-state index contributed by atoms with van der Waals surface area (Å²) in [6, 6.07) is 4.05. The quantitative estimate of drug-likeness (QED) is 0.840. The Morgan fingerprint density at radius 2 is 1.90 bits per heavy atom. The molecule has 1 aromatic rings. The number of hydrogen-bond donors (Lipinski definition) is 1. The van der Waals surface area contributed by atoms with Gasteiger partial charge >= 0.3 is 0 Å². The van der Waals surface area contributed by atoms with Gasteiger partial charge in [0.15, 0.2) is 11.5 Å². The Kier molecular flexibility index (Phi) is 4.83. The molecule has 1 N–H and O–H groups in total. The van der Waals surface area contributed by atoms with Gasteiger partial charge in [-0.05, 0) is 44.8 Å². The zero-order valence-electron chi connectivity index (χ0n) is 12.5. The normalized spacial score (nSPS) is 17.6. The molecule has 4 nitrogen and oxygen atoms in total. The number of nitrogens with one attached hydrogen (secondary N) is 1. The molecule has 5 heteroatoms. The first-order chi connectivity index (χ1) is 9.56. The van der Waals surface area contributed by atoms with Crippen molar-refractivity contribution in [2.24, 2.45) is 0 Å². The van der Waals surface area contributed by atoms with Gasteiger partial charge in [0.05, 0.1) is 14.2 Å². The molecular weight excluding hydrogens is 272 g/mol. The van der Waals surface area contributed by atoms with Gasteiger partial charge in [0, 0.05) is 18.0 Å². The second-order valence-electron chi connectivity index (χ2n) is 5.29. The SMILES string of the molecule is COc1cc2c(cc1OC)C(CCN(C)C)CNC2=S. The van der Waals surface area contributed by atoms with Crippen LogP contribution in [0, 0.1) is 0 Å². The van der Waals surface area contributed by atoms with E-state index in [1.165, 1.54) is 5.56 Å². The lowest BCUT2D eigenvalue weighted by Gasteiger charge is -2.29. The molecule has 0 bridgehead atoms. The summed E-state index contributed by atoms with van der Waals surface area (Å²) in [5.41, 5.74) is 2.32. The number of ether oxygens (including phenoxy) is 2. The van der Waals surface area contributed by atoms with Crippen molar-refractivity contribution in [1.29, 1.82) is 0 Å². The molecule has 1 aliphatic rings. The van der Waals surface area contributed by atoms with Gasteiger partial charge in [0.1, 0.15) is 4.99 Å². The molecule has 1 aliphatic heterocycles. The number of methoxy groups -OCH3 is 2. The molecule has 2 rings (SSSR count). The molecule has 0 radical (unpaired) electrons. The highest BCUT2D eigenvalue weighted by Gasteiger charge is 2.25. The average Bonchev–Trinajstić information content (AvgIpc) is 2.45. The number of benzene rings is 1. The van der Waals surface area contributed by atoms with Crippen LogP contribution < -0.4 is 14.8 Å². The van der Waals surface area contributed by atoms with Crippen LogP contribution in [-0.4, -0.2) is 51.3 Å². The molecular formula is C15H22N2O2S. The van der Waals surface area contributed by atoms with Crippen LogP contribution in [0.2, 0.25) is 0 Å². The smallest absolute Gasteiger partial charge is 0.161 e. The Hall–Kier alpha value is -1.33. The van der Waals surface area contributed by atoms with Gasteiger partial charge < -0.3 is 19.7 Å². The van der Waals surface area contributed by atoms with E-state index in [2.05, 4.69) is 30.4 Å². The van der Waals surface area contributed by atoms with Crippen LogP contribution in [0.25, 0.3) is 0 Å². The Balaban J connectivity index is 2.36. The molecule has 0 aromatic heterocycles. The van der Waals surface area contributed by atoms with Crippen molar-refractivity contribution in [1.82, 2.24) is 10.2 Å². The maximum absolute atomic E-state index is 5.42. The van der Waals surface area contributed by atoms with Crippen LogP contribution in [0.15, 0.2) is 12.1 Å². The first-order valence-electron chi connectivity index (χ1n) is 6.75. The lowest BCUT2D eigenvalue weighted by Crippen LogP contribution is -2.35. The molecule has 0 amide bonds. The standard InChI is InChI=1S/C15H22N2O2S/c1-17(2)6-5-10-9-16-15(20)12-8-14(19-4)13(18-3)7-11(10)12/h7-8,10H,5-6,9H2,1-4H3,(H,16,20). The van der Waals surface area contributed by atoms with E-state index in [0.29, 0.717) is 5.92 Å². The highest BCUT2D eigenvalue weighted by molar-refractivity contribution is 7.80. The summed E-state index contributed by atoms with van der Waals surface area (Å²) in [6.45, 7) is 1.93. The van der Waals surface area contributed by atoms with E-state index in [1.807, 2.05) is 6.07 Å². The van der Waals surface area contributed by atoms with Crippen molar-refractivity contribution in [3.05, 3.63) is 23.3 Å². The average molecular weight is 294 g/mol. The molecule has 110 valence electrons. The summed E-state index contributed by atoms with van der Waals surface area (Å²) in [5.74, 6) is 1.94. The minimum atomic E-state index is 0.443. The van der Waals surface area contributed by atoms with Crippen LogP contribution in [-0.2, 0) is 0 Å². The van der Waals surface area contributed by atoms with Gasteiger partial charge in [0.2, 0.25) is 0 Å². The molecule has 0 aliphatic carbocycles. The minimum absolute atomic E-state index is 0.443. The van der Waals surface area contributed by atoms with Crippen LogP contribution in [0.3, 0.4) is 0 Å². The lowest BCUT2D eigenvalue weighted by molar-refractivity contribution is 0.352. The van der Waals surface area contributed by atoms with Crippen molar-refractivity contribution < 1.29 is 9.47 Å². The third kappa shape index (κ3) is 3.04. The lowest BCUT2D eigenvalue weighted by atomic mass is 9.88. The highest BCUT2D eigenvalue weighted by Crippen LogP contribution is 2.36. The monoisotopic (exact) mass is 294 g/mol. The van der Waals surface area contributed by atoms with Crippen molar-refractivity contribution in [3.8, 4) is 11.5 Å². The Morgan fingerprint density at radius 1 is 1.25 bits per heavy atom. The van der Waals surface area contributed by atoms with Crippen molar-refractivity contribution in [2.45, 2.75) is 12.3 Å². The third-order valence-electron chi connectivity index (χ3n) is 3.67. The summed E-state index contributed by atoms with van der Waals surface area (Å²) in [4.78, 5) is 3.00. The van der Waals surface area contributed by atoms with Crippen molar-refractivity contribution >= 4 is 17.2 Å². The second kappa shape index (κ2) is 6.41. The maximum atomic E-state index is 5.42. The summed E-state index contributed by atoms with van der Waals surface area (Å²) in [6.07, 6.45) is 1.09. The van der Waals surface area contributed by atoms with Gasteiger partial charge in [0.25, 0.3) is 0 Å². The van der Waals surface area contributed by atoms with Gasteiger partial charge in [-0.25, -0.2) is 0 Å². The first kappa shape index (κ1) is 15.1. The zero-order valence-corrected chi connectivity index (χ0v) is 13.3. The van der Waals surface area contributed by atoms with E-state index in [-0.39, 0.29) is 0 Å². The minimum Gasteiger partial charge on any atom is -0.493 e. The molecule has 0 spiro atoms.